The Balaban J connectivity index is 1.57. The van der Waals surface area contributed by atoms with Crippen LogP contribution in [0.15, 0.2) is 30.3 Å². The van der Waals surface area contributed by atoms with Gasteiger partial charge in [-0.25, -0.2) is 13.2 Å². The lowest BCUT2D eigenvalue weighted by Crippen LogP contribution is -2.68. The number of carbonyl (C=O) groups excluding carboxylic acids is 1. The van der Waals surface area contributed by atoms with Crippen molar-refractivity contribution in [1.82, 2.24) is 4.90 Å². The summed E-state index contributed by atoms with van der Waals surface area (Å²) in [7, 11) is 0. The third-order valence-electron chi connectivity index (χ3n) is 6.35. The molecule has 31 heavy (non-hydrogen) atoms. The first kappa shape index (κ1) is 21.6. The van der Waals surface area contributed by atoms with Crippen LogP contribution in [0, 0.1) is 30.3 Å². The highest BCUT2D eigenvalue weighted by Gasteiger charge is 2.52. The molecule has 1 unspecified atom stereocenters. The van der Waals surface area contributed by atoms with E-state index in [-0.39, 0.29) is 30.3 Å². The molecule has 2 atom stereocenters. The van der Waals surface area contributed by atoms with Gasteiger partial charge in [0, 0.05) is 5.92 Å². The minimum absolute atomic E-state index is 0.00904. The number of hydrogen-bond donors (Lipinski definition) is 3. The van der Waals surface area contributed by atoms with Crippen molar-refractivity contribution < 1.29 is 28.2 Å². The fourth-order valence-corrected chi connectivity index (χ4v) is 4.61. The topological polar surface area (TPSA) is 72.8 Å². The molecule has 5 nitrogen and oxygen atoms in total. The van der Waals surface area contributed by atoms with Gasteiger partial charge in [0.15, 0.2) is 11.6 Å². The van der Waals surface area contributed by atoms with Gasteiger partial charge in [0.2, 0.25) is 0 Å². The summed E-state index contributed by atoms with van der Waals surface area (Å²) in [6, 6.07) is 6.22. The summed E-state index contributed by atoms with van der Waals surface area (Å²) < 4.78 is 42.7. The van der Waals surface area contributed by atoms with Crippen molar-refractivity contribution >= 4 is 17.3 Å². The molecular formula is C23H25F3N2O3. The van der Waals surface area contributed by atoms with Gasteiger partial charge in [0.25, 0.3) is 5.91 Å². The molecule has 0 aromatic heterocycles. The van der Waals surface area contributed by atoms with Gasteiger partial charge in [0.05, 0.1) is 36.1 Å². The molecule has 1 heterocycles. The molecule has 1 aliphatic heterocycles. The predicted molar refractivity (Wildman–Crippen MR) is 110 cm³/mol. The third kappa shape index (κ3) is 4.02. The van der Waals surface area contributed by atoms with Crippen LogP contribution in [0.25, 0.3) is 0 Å². The molecule has 1 aliphatic carbocycles. The summed E-state index contributed by atoms with van der Waals surface area (Å²) in [5.41, 5.74) is -1.26. The second-order valence-electron chi connectivity index (χ2n) is 8.62. The second-order valence-corrected chi connectivity index (χ2v) is 8.62. The fourth-order valence-electron chi connectivity index (χ4n) is 4.61. The van der Waals surface area contributed by atoms with E-state index in [4.69, 9.17) is 0 Å². The normalized spacial score (nSPS) is 22.7. The van der Waals surface area contributed by atoms with Crippen molar-refractivity contribution in [2.24, 2.45) is 5.92 Å². The van der Waals surface area contributed by atoms with Crippen LogP contribution in [0.2, 0.25) is 0 Å². The number of aliphatic hydroxyl groups is 2. The first-order valence-electron chi connectivity index (χ1n) is 10.4. The molecule has 0 spiro atoms. The lowest BCUT2D eigenvalue weighted by Gasteiger charge is -2.52. The van der Waals surface area contributed by atoms with Crippen molar-refractivity contribution in [3.05, 3.63) is 58.9 Å². The maximum atomic E-state index is 14.6. The van der Waals surface area contributed by atoms with Crippen molar-refractivity contribution in [2.45, 2.75) is 44.3 Å². The van der Waals surface area contributed by atoms with Gasteiger partial charge in [-0.1, -0.05) is 18.9 Å². The molecular weight excluding hydrogens is 409 g/mol. The number of carbonyl (C=O) groups is 1. The monoisotopic (exact) mass is 434 g/mol. The zero-order valence-electron chi connectivity index (χ0n) is 17.2. The number of anilines is 2. The quantitative estimate of drug-likeness (QED) is 0.683. The van der Waals surface area contributed by atoms with Crippen LogP contribution in [-0.2, 0) is 0 Å². The van der Waals surface area contributed by atoms with E-state index in [0.717, 1.165) is 25.0 Å². The van der Waals surface area contributed by atoms with Crippen LogP contribution < -0.4 is 5.32 Å². The van der Waals surface area contributed by atoms with Gasteiger partial charge < -0.3 is 20.4 Å². The number of aryl methyl sites for hydroxylation is 1. The maximum Gasteiger partial charge on any atom is 0.256 e. The Labute approximate surface area is 178 Å². The lowest BCUT2D eigenvalue weighted by atomic mass is 9.71. The van der Waals surface area contributed by atoms with Crippen LogP contribution >= 0.6 is 0 Å². The Bertz CT molecular complexity index is 1010. The number of nitrogens with one attached hydrogen (secondary N) is 1. The number of benzene rings is 2. The summed E-state index contributed by atoms with van der Waals surface area (Å²) in [6.45, 7) is 1.68. The summed E-state index contributed by atoms with van der Waals surface area (Å²) in [5.74, 6) is -4.05. The van der Waals surface area contributed by atoms with Gasteiger partial charge in [-0.3, -0.25) is 4.79 Å². The van der Waals surface area contributed by atoms with Gasteiger partial charge in [-0.05, 0) is 49.6 Å². The van der Waals surface area contributed by atoms with Gasteiger partial charge in [0.1, 0.15) is 11.4 Å². The average molecular weight is 434 g/mol. The van der Waals surface area contributed by atoms with Crippen LogP contribution in [0.3, 0.4) is 0 Å². The number of nitrogens with zero attached hydrogens (tertiary/aromatic N) is 1. The van der Waals surface area contributed by atoms with E-state index in [1.165, 1.54) is 17.0 Å². The number of rotatable bonds is 4. The minimum Gasteiger partial charge on any atom is -0.393 e. The number of hydrogen-bond acceptors (Lipinski definition) is 4. The van der Waals surface area contributed by atoms with E-state index in [0.29, 0.717) is 18.4 Å². The molecule has 1 saturated carbocycles. The van der Waals surface area contributed by atoms with Crippen LogP contribution in [0.5, 0.6) is 0 Å². The number of halogens is 3. The molecule has 4 rings (SSSR count). The summed E-state index contributed by atoms with van der Waals surface area (Å²) >= 11 is 0. The largest absolute Gasteiger partial charge is 0.393 e. The minimum atomic E-state index is -1.29. The molecule has 2 fully saturated rings. The van der Waals surface area contributed by atoms with E-state index < -0.39 is 40.8 Å². The first-order chi connectivity index (χ1) is 14.7. The van der Waals surface area contributed by atoms with Gasteiger partial charge in [-0.2, -0.15) is 0 Å². The average Bonchev–Trinajstić information content (AvgIpc) is 2.71. The standard InChI is InChI=1S/C23H25F3N2O3/c1-13-6-9-18(17(25)10-13)27-21-14(7-8-16(24)20(21)26)22(30)28-11-23(31,12-28)15-4-2-3-5-19(15)29/h6-10,15,19,27,29,31H,2-5,11-12H2,1H3/t15?,19-/m1/s1. The van der Waals surface area contributed by atoms with Crippen molar-refractivity contribution in [1.29, 1.82) is 0 Å². The number of β-amino-alcohol motifs (C(OH)–C–C–N with tert-alkyl or cyclic N) is 1. The van der Waals surface area contributed by atoms with Crippen LogP contribution in [-0.4, -0.2) is 45.8 Å². The van der Waals surface area contributed by atoms with E-state index in [9.17, 15) is 28.2 Å². The molecule has 3 N–H and O–H groups in total. The maximum absolute atomic E-state index is 14.6. The number of amides is 1. The summed E-state index contributed by atoms with van der Waals surface area (Å²) in [5, 5.41) is 23.6. The Morgan fingerprint density at radius 2 is 1.81 bits per heavy atom. The summed E-state index contributed by atoms with van der Waals surface area (Å²) in [6.07, 6.45) is 2.46. The predicted octanol–water partition coefficient (Wildman–Crippen LogP) is 3.89. The molecule has 2 aromatic carbocycles. The highest BCUT2D eigenvalue weighted by atomic mass is 19.2. The van der Waals surface area contributed by atoms with E-state index in [1.807, 2.05) is 0 Å². The third-order valence-corrected chi connectivity index (χ3v) is 6.35. The lowest BCUT2D eigenvalue weighted by molar-refractivity contribution is -0.156. The number of likely N-dealkylation sites (tertiary alicyclic amines) is 1. The van der Waals surface area contributed by atoms with Gasteiger partial charge in [-0.15, -0.1) is 0 Å². The molecule has 166 valence electrons. The molecule has 2 aromatic rings. The zero-order chi connectivity index (χ0) is 22.3. The fraction of sp³-hybridized carbons (Fsp3) is 0.435. The SMILES string of the molecule is Cc1ccc(Nc2c(C(=O)N3CC(O)(C4CCCC[C@H]4O)C3)ccc(F)c2F)c(F)c1. The van der Waals surface area contributed by atoms with E-state index in [1.54, 1.807) is 13.0 Å². The van der Waals surface area contributed by atoms with E-state index >= 15 is 0 Å². The Morgan fingerprint density at radius 1 is 1.10 bits per heavy atom. The molecule has 0 radical (unpaired) electrons. The van der Waals surface area contributed by atoms with Crippen molar-refractivity contribution in [3.8, 4) is 0 Å². The Hall–Kier alpha value is -2.58. The highest BCUT2D eigenvalue weighted by molar-refractivity contribution is 6.01. The van der Waals surface area contributed by atoms with Crippen molar-refractivity contribution in [2.75, 3.05) is 18.4 Å². The molecule has 1 amide bonds. The van der Waals surface area contributed by atoms with Crippen LogP contribution in [0.1, 0.15) is 41.6 Å². The van der Waals surface area contributed by atoms with Gasteiger partial charge >= 0.3 is 0 Å². The second kappa shape index (κ2) is 8.16. The molecule has 0 bridgehead atoms. The Kier molecular flexibility index (Phi) is 5.70. The molecule has 2 aliphatic rings. The summed E-state index contributed by atoms with van der Waals surface area (Å²) in [4.78, 5) is 14.3. The Morgan fingerprint density at radius 3 is 2.48 bits per heavy atom. The van der Waals surface area contributed by atoms with E-state index in [2.05, 4.69) is 5.32 Å². The first-order valence-corrected chi connectivity index (χ1v) is 10.4. The molecule has 1 saturated heterocycles. The molecule has 8 heteroatoms. The van der Waals surface area contributed by atoms with Crippen LogP contribution in [0.4, 0.5) is 24.5 Å². The van der Waals surface area contributed by atoms with Crippen molar-refractivity contribution in [3.63, 3.8) is 0 Å². The zero-order valence-corrected chi connectivity index (χ0v) is 17.2. The highest BCUT2D eigenvalue weighted by Crippen LogP contribution is 2.40. The smallest absolute Gasteiger partial charge is 0.256 e. The number of aliphatic hydroxyl groups excluding tert-OH is 1.